The number of nitrogens with two attached hydrogens (primary N) is 1. The Morgan fingerprint density at radius 2 is 1.90 bits per heavy atom. The molecule has 0 aliphatic carbocycles. The van der Waals surface area contributed by atoms with E-state index in [1.807, 2.05) is 43.3 Å². The summed E-state index contributed by atoms with van der Waals surface area (Å²) in [5.74, 6) is 0.830. The van der Waals surface area contributed by atoms with Gasteiger partial charge in [-0.25, -0.2) is 0 Å². The molecule has 0 radical (unpaired) electrons. The molecule has 0 fully saturated rings. The zero-order valence-electron chi connectivity index (χ0n) is 11.6. The number of amides is 1. The highest BCUT2D eigenvalue weighted by Crippen LogP contribution is 2.27. The maximum absolute atomic E-state index is 11.0. The third kappa shape index (κ3) is 3.78. The molecular weight excluding hydrogens is 268 g/mol. The minimum absolute atomic E-state index is 0.0548. The highest BCUT2D eigenvalue weighted by atomic mass is 32.2. The van der Waals surface area contributed by atoms with Gasteiger partial charge < -0.3 is 11.1 Å². The van der Waals surface area contributed by atoms with Crippen LogP contribution in [0.4, 0.5) is 11.4 Å². The van der Waals surface area contributed by atoms with E-state index in [0.29, 0.717) is 0 Å². The van der Waals surface area contributed by atoms with Crippen molar-refractivity contribution in [2.24, 2.45) is 0 Å². The molecule has 0 atom stereocenters. The first-order valence-corrected chi connectivity index (χ1v) is 7.39. The molecule has 104 valence electrons. The normalized spacial score (nSPS) is 10.3. The number of thioether (sulfide) groups is 1. The Kier molecular flexibility index (Phi) is 4.69. The topological polar surface area (TPSA) is 55.1 Å². The van der Waals surface area contributed by atoms with Crippen molar-refractivity contribution >= 4 is 29.0 Å². The van der Waals surface area contributed by atoms with Gasteiger partial charge in [-0.3, -0.25) is 4.79 Å². The smallest absolute Gasteiger partial charge is 0.221 e. The van der Waals surface area contributed by atoms with Gasteiger partial charge in [0.05, 0.1) is 0 Å². The predicted molar refractivity (Wildman–Crippen MR) is 85.9 cm³/mol. The van der Waals surface area contributed by atoms with Gasteiger partial charge >= 0.3 is 0 Å². The quantitative estimate of drug-likeness (QED) is 0.663. The van der Waals surface area contributed by atoms with E-state index in [-0.39, 0.29) is 5.91 Å². The fourth-order valence-electron chi connectivity index (χ4n) is 1.86. The van der Waals surface area contributed by atoms with Crippen molar-refractivity contribution in [1.29, 1.82) is 0 Å². The summed E-state index contributed by atoms with van der Waals surface area (Å²) in [5.41, 5.74) is 9.96. The summed E-state index contributed by atoms with van der Waals surface area (Å²) in [4.78, 5) is 12.1. The summed E-state index contributed by atoms with van der Waals surface area (Å²) in [6.07, 6.45) is 0. The Hall–Kier alpha value is -1.94. The monoisotopic (exact) mass is 286 g/mol. The Morgan fingerprint density at radius 1 is 1.20 bits per heavy atom. The van der Waals surface area contributed by atoms with Crippen molar-refractivity contribution in [2.45, 2.75) is 24.5 Å². The third-order valence-corrected chi connectivity index (χ3v) is 4.12. The maximum atomic E-state index is 11.0. The number of carbonyl (C=O) groups is 1. The number of carbonyl (C=O) groups excluding carboxylic acids is 1. The standard InChI is InChI=1S/C16H18N2OS/c1-11-13(4-3-5-16(11)17)10-20-15-8-6-14(7-9-15)18-12(2)19/h3-9H,10,17H2,1-2H3,(H,18,19). The maximum Gasteiger partial charge on any atom is 0.221 e. The van der Waals surface area contributed by atoms with Crippen LogP contribution in [-0.4, -0.2) is 5.91 Å². The Balaban J connectivity index is 2.00. The number of hydrogen-bond acceptors (Lipinski definition) is 3. The van der Waals surface area contributed by atoms with Crippen molar-refractivity contribution in [3.63, 3.8) is 0 Å². The van der Waals surface area contributed by atoms with E-state index in [9.17, 15) is 4.79 Å². The van der Waals surface area contributed by atoms with Gasteiger partial charge in [0.25, 0.3) is 0 Å². The van der Waals surface area contributed by atoms with E-state index in [2.05, 4.69) is 11.4 Å². The lowest BCUT2D eigenvalue weighted by atomic mass is 10.1. The summed E-state index contributed by atoms with van der Waals surface area (Å²) in [6.45, 7) is 3.55. The molecule has 0 heterocycles. The molecule has 0 spiro atoms. The van der Waals surface area contributed by atoms with Gasteiger partial charge in [-0.05, 0) is 48.4 Å². The fourth-order valence-corrected chi connectivity index (χ4v) is 2.82. The molecule has 0 aliphatic heterocycles. The highest BCUT2D eigenvalue weighted by Gasteiger charge is 2.03. The minimum Gasteiger partial charge on any atom is -0.399 e. The third-order valence-electron chi connectivity index (χ3n) is 3.06. The van der Waals surface area contributed by atoms with Crippen molar-refractivity contribution < 1.29 is 4.79 Å². The van der Waals surface area contributed by atoms with Crippen molar-refractivity contribution in [2.75, 3.05) is 11.1 Å². The molecule has 2 aromatic rings. The summed E-state index contributed by atoms with van der Waals surface area (Å²) < 4.78 is 0. The van der Waals surface area contributed by atoms with Crippen LogP contribution in [0.2, 0.25) is 0 Å². The van der Waals surface area contributed by atoms with Crippen LogP contribution in [0.25, 0.3) is 0 Å². The number of rotatable bonds is 4. The lowest BCUT2D eigenvalue weighted by Gasteiger charge is -2.08. The SMILES string of the molecule is CC(=O)Nc1ccc(SCc2cccc(N)c2C)cc1. The average Bonchev–Trinajstić information content (AvgIpc) is 2.41. The molecule has 0 unspecified atom stereocenters. The summed E-state index contributed by atoms with van der Waals surface area (Å²) in [7, 11) is 0. The van der Waals surface area contributed by atoms with Crippen LogP contribution >= 0.6 is 11.8 Å². The fraction of sp³-hybridized carbons (Fsp3) is 0.188. The zero-order valence-corrected chi connectivity index (χ0v) is 12.5. The predicted octanol–water partition coefficient (Wildman–Crippen LogP) is 3.83. The van der Waals surface area contributed by atoms with Gasteiger partial charge in [-0.2, -0.15) is 0 Å². The second-order valence-electron chi connectivity index (χ2n) is 4.63. The molecule has 3 nitrogen and oxygen atoms in total. The number of hydrogen-bond donors (Lipinski definition) is 2. The van der Waals surface area contributed by atoms with Crippen LogP contribution in [0.5, 0.6) is 0 Å². The molecule has 0 saturated carbocycles. The first-order chi connectivity index (χ1) is 9.56. The van der Waals surface area contributed by atoms with Crippen LogP contribution in [0.15, 0.2) is 47.4 Å². The lowest BCUT2D eigenvalue weighted by molar-refractivity contribution is -0.114. The molecule has 0 saturated heterocycles. The number of nitrogen functional groups attached to an aromatic ring is 1. The summed E-state index contributed by atoms with van der Waals surface area (Å²) >= 11 is 1.76. The van der Waals surface area contributed by atoms with Gasteiger partial charge in [0, 0.05) is 28.9 Å². The van der Waals surface area contributed by atoms with E-state index < -0.39 is 0 Å². The van der Waals surface area contributed by atoms with Gasteiger partial charge in [-0.15, -0.1) is 11.8 Å². The summed E-state index contributed by atoms with van der Waals surface area (Å²) in [6, 6.07) is 13.9. The average molecular weight is 286 g/mol. The molecule has 2 aromatic carbocycles. The van der Waals surface area contributed by atoms with Crippen LogP contribution < -0.4 is 11.1 Å². The highest BCUT2D eigenvalue weighted by molar-refractivity contribution is 7.98. The van der Waals surface area contributed by atoms with Crippen LogP contribution in [0.1, 0.15) is 18.1 Å². The second kappa shape index (κ2) is 6.48. The first kappa shape index (κ1) is 14.5. The minimum atomic E-state index is -0.0548. The molecule has 1 amide bonds. The molecule has 0 aromatic heterocycles. The Bertz CT molecular complexity index is 608. The van der Waals surface area contributed by atoms with Crippen LogP contribution in [0, 0.1) is 6.92 Å². The van der Waals surface area contributed by atoms with Crippen molar-refractivity contribution in [1.82, 2.24) is 0 Å². The molecular formula is C16H18N2OS. The molecule has 4 heteroatoms. The van der Waals surface area contributed by atoms with Crippen molar-refractivity contribution in [3.05, 3.63) is 53.6 Å². The van der Waals surface area contributed by atoms with E-state index in [1.54, 1.807) is 11.8 Å². The molecule has 20 heavy (non-hydrogen) atoms. The Morgan fingerprint density at radius 3 is 2.55 bits per heavy atom. The summed E-state index contributed by atoms with van der Waals surface area (Å²) in [5, 5.41) is 2.76. The van der Waals surface area contributed by atoms with Gasteiger partial charge in [0.1, 0.15) is 0 Å². The molecule has 3 N–H and O–H groups in total. The van der Waals surface area contributed by atoms with Gasteiger partial charge in [0.2, 0.25) is 5.91 Å². The first-order valence-electron chi connectivity index (χ1n) is 6.40. The molecule has 2 rings (SSSR count). The van der Waals surface area contributed by atoms with E-state index in [4.69, 9.17) is 5.73 Å². The Labute approximate surface area is 123 Å². The van der Waals surface area contributed by atoms with E-state index in [1.165, 1.54) is 17.4 Å². The van der Waals surface area contributed by atoms with E-state index >= 15 is 0 Å². The van der Waals surface area contributed by atoms with E-state index in [0.717, 1.165) is 22.7 Å². The van der Waals surface area contributed by atoms with Crippen molar-refractivity contribution in [3.8, 4) is 0 Å². The van der Waals surface area contributed by atoms with Gasteiger partial charge in [0.15, 0.2) is 0 Å². The van der Waals surface area contributed by atoms with Crippen LogP contribution in [0.3, 0.4) is 0 Å². The molecule has 0 aliphatic rings. The number of nitrogens with one attached hydrogen (secondary N) is 1. The lowest BCUT2D eigenvalue weighted by Crippen LogP contribution is -2.05. The number of anilines is 2. The second-order valence-corrected chi connectivity index (χ2v) is 5.67. The number of benzene rings is 2. The van der Waals surface area contributed by atoms with Crippen LogP contribution in [-0.2, 0) is 10.5 Å². The zero-order chi connectivity index (χ0) is 14.5. The molecule has 0 bridgehead atoms. The largest absolute Gasteiger partial charge is 0.399 e. The van der Waals surface area contributed by atoms with Gasteiger partial charge in [-0.1, -0.05) is 12.1 Å².